The Morgan fingerprint density at radius 1 is 1.03 bits per heavy atom. The zero-order valence-electron chi connectivity index (χ0n) is 16.4. The van der Waals surface area contributed by atoms with Gasteiger partial charge in [-0.2, -0.15) is 0 Å². The van der Waals surface area contributed by atoms with Gasteiger partial charge in [0, 0.05) is 10.6 Å². The molecule has 1 aromatic heterocycles. The van der Waals surface area contributed by atoms with Crippen molar-refractivity contribution in [3.05, 3.63) is 88.1 Å². The van der Waals surface area contributed by atoms with Gasteiger partial charge in [0.05, 0.1) is 0 Å². The molecule has 0 radical (unpaired) electrons. The van der Waals surface area contributed by atoms with Crippen LogP contribution in [0.2, 0.25) is 0 Å². The molecule has 0 spiro atoms. The third-order valence-electron chi connectivity index (χ3n) is 5.12. The Balaban J connectivity index is 1.47. The van der Waals surface area contributed by atoms with Crippen LogP contribution in [0.15, 0.2) is 72.1 Å². The van der Waals surface area contributed by atoms with E-state index >= 15 is 0 Å². The van der Waals surface area contributed by atoms with E-state index in [1.165, 1.54) is 11.3 Å². The Morgan fingerprint density at radius 2 is 1.77 bits per heavy atom. The fourth-order valence-corrected chi connectivity index (χ4v) is 4.35. The van der Waals surface area contributed by atoms with E-state index in [1.54, 1.807) is 13.0 Å². The molecule has 1 fully saturated rings. The Labute approximate surface area is 178 Å². The van der Waals surface area contributed by atoms with Crippen LogP contribution in [0.4, 0.5) is 10.5 Å². The van der Waals surface area contributed by atoms with Gasteiger partial charge in [0.1, 0.15) is 6.54 Å². The van der Waals surface area contributed by atoms with E-state index in [1.807, 2.05) is 66.0 Å². The molecule has 1 aliphatic heterocycles. The highest BCUT2D eigenvalue weighted by Gasteiger charge is 2.50. The lowest BCUT2D eigenvalue weighted by Gasteiger charge is -2.20. The molecule has 1 atom stereocenters. The van der Waals surface area contributed by atoms with Crippen LogP contribution in [-0.4, -0.2) is 29.3 Å². The lowest BCUT2D eigenvalue weighted by Crippen LogP contribution is -2.41. The maximum Gasteiger partial charge on any atom is 0.325 e. The number of urea groups is 1. The predicted molar refractivity (Wildman–Crippen MR) is 116 cm³/mol. The van der Waals surface area contributed by atoms with Gasteiger partial charge in [0.2, 0.25) is 5.91 Å². The first-order valence-electron chi connectivity index (χ1n) is 9.57. The number of thiophene rings is 1. The standard InChI is InChI=1S/C23H21N3O3S/c1-23(19-12-7-13-30-19)21(28)26(22(29)25-23)15-20(27)24-18-11-6-5-10-17(18)14-16-8-3-2-4-9-16/h2-13H,14-15H2,1H3,(H,24,27)(H,25,29). The van der Waals surface area contributed by atoms with Crippen molar-refractivity contribution in [1.82, 2.24) is 10.2 Å². The second kappa shape index (κ2) is 8.12. The summed E-state index contributed by atoms with van der Waals surface area (Å²) in [6.45, 7) is 1.32. The number of benzene rings is 2. The number of para-hydroxylation sites is 1. The Kier molecular flexibility index (Phi) is 5.37. The maximum absolute atomic E-state index is 12.9. The number of nitrogens with one attached hydrogen (secondary N) is 2. The first kappa shape index (κ1) is 19.8. The molecular weight excluding hydrogens is 398 g/mol. The molecule has 4 amide bonds. The SMILES string of the molecule is CC1(c2cccs2)NC(=O)N(CC(=O)Nc2ccccc2Cc2ccccc2)C1=O. The quantitative estimate of drug-likeness (QED) is 0.598. The summed E-state index contributed by atoms with van der Waals surface area (Å²) in [5.74, 6) is -0.850. The molecule has 0 saturated carbocycles. The normalized spacial score (nSPS) is 18.4. The van der Waals surface area contributed by atoms with E-state index in [2.05, 4.69) is 10.6 Å². The number of imide groups is 1. The van der Waals surface area contributed by atoms with Crippen LogP contribution >= 0.6 is 11.3 Å². The summed E-state index contributed by atoms with van der Waals surface area (Å²) >= 11 is 1.39. The van der Waals surface area contributed by atoms with Gasteiger partial charge in [-0.1, -0.05) is 54.6 Å². The Bertz CT molecular complexity index is 1080. The van der Waals surface area contributed by atoms with Crippen molar-refractivity contribution in [2.75, 3.05) is 11.9 Å². The van der Waals surface area contributed by atoms with E-state index < -0.39 is 23.4 Å². The van der Waals surface area contributed by atoms with Crippen molar-refractivity contribution in [1.29, 1.82) is 0 Å². The third-order valence-corrected chi connectivity index (χ3v) is 6.21. The topological polar surface area (TPSA) is 78.5 Å². The monoisotopic (exact) mass is 419 g/mol. The van der Waals surface area contributed by atoms with Gasteiger partial charge in [0.15, 0.2) is 5.54 Å². The largest absolute Gasteiger partial charge is 0.325 e. The van der Waals surface area contributed by atoms with Gasteiger partial charge in [-0.05, 0) is 42.0 Å². The molecule has 3 aromatic rings. The number of nitrogens with zero attached hydrogens (tertiary/aromatic N) is 1. The minimum absolute atomic E-state index is 0.342. The lowest BCUT2D eigenvalue weighted by atomic mass is 10.0. The summed E-state index contributed by atoms with van der Waals surface area (Å²) in [6.07, 6.45) is 0.664. The average molecular weight is 420 g/mol. The van der Waals surface area contributed by atoms with Crippen molar-refractivity contribution >= 4 is 34.9 Å². The highest BCUT2D eigenvalue weighted by molar-refractivity contribution is 7.10. The van der Waals surface area contributed by atoms with Gasteiger partial charge in [-0.25, -0.2) is 4.79 Å². The molecular formula is C23H21N3O3S. The predicted octanol–water partition coefficient (Wildman–Crippen LogP) is 3.74. The van der Waals surface area contributed by atoms with Crippen molar-refractivity contribution < 1.29 is 14.4 Å². The second-order valence-corrected chi connectivity index (χ2v) is 8.24. The van der Waals surface area contributed by atoms with Gasteiger partial charge < -0.3 is 10.6 Å². The van der Waals surface area contributed by atoms with Gasteiger partial charge in [-0.15, -0.1) is 11.3 Å². The first-order chi connectivity index (χ1) is 14.5. The van der Waals surface area contributed by atoms with Crippen LogP contribution in [0.3, 0.4) is 0 Å². The van der Waals surface area contributed by atoms with Crippen LogP contribution in [0, 0.1) is 0 Å². The highest BCUT2D eigenvalue weighted by atomic mass is 32.1. The molecule has 2 heterocycles. The number of carbonyl (C=O) groups is 3. The summed E-state index contributed by atoms with van der Waals surface area (Å²) in [5, 5.41) is 7.41. The van der Waals surface area contributed by atoms with Crippen LogP contribution in [0.25, 0.3) is 0 Å². The van der Waals surface area contributed by atoms with Crippen LogP contribution < -0.4 is 10.6 Å². The molecule has 0 aliphatic carbocycles. The van der Waals surface area contributed by atoms with Crippen molar-refractivity contribution in [3.8, 4) is 0 Å². The van der Waals surface area contributed by atoms with E-state index in [0.29, 0.717) is 12.1 Å². The fraction of sp³-hybridized carbons (Fsp3) is 0.174. The zero-order chi connectivity index (χ0) is 21.1. The third kappa shape index (κ3) is 3.84. The van der Waals surface area contributed by atoms with E-state index in [-0.39, 0.29) is 6.54 Å². The van der Waals surface area contributed by atoms with Crippen LogP contribution in [0.1, 0.15) is 22.9 Å². The Morgan fingerprint density at radius 3 is 2.50 bits per heavy atom. The van der Waals surface area contributed by atoms with E-state index in [0.717, 1.165) is 20.9 Å². The minimum atomic E-state index is -1.14. The van der Waals surface area contributed by atoms with E-state index in [9.17, 15) is 14.4 Å². The van der Waals surface area contributed by atoms with Crippen molar-refractivity contribution in [2.24, 2.45) is 0 Å². The summed E-state index contributed by atoms with van der Waals surface area (Å²) in [5.41, 5.74) is 1.61. The molecule has 1 aliphatic rings. The summed E-state index contributed by atoms with van der Waals surface area (Å²) in [6, 6.07) is 20.5. The number of hydrogen-bond acceptors (Lipinski definition) is 4. The van der Waals surface area contributed by atoms with Gasteiger partial charge in [-0.3, -0.25) is 14.5 Å². The van der Waals surface area contributed by atoms with Gasteiger partial charge in [0.25, 0.3) is 5.91 Å². The molecule has 7 heteroatoms. The smallest absolute Gasteiger partial charge is 0.324 e. The van der Waals surface area contributed by atoms with Crippen LogP contribution in [-0.2, 0) is 21.5 Å². The summed E-state index contributed by atoms with van der Waals surface area (Å²) in [4.78, 5) is 39.7. The second-order valence-electron chi connectivity index (χ2n) is 7.29. The number of anilines is 1. The fourth-order valence-electron chi connectivity index (χ4n) is 3.52. The zero-order valence-corrected chi connectivity index (χ0v) is 17.2. The first-order valence-corrected chi connectivity index (χ1v) is 10.4. The number of amides is 4. The molecule has 6 nitrogen and oxygen atoms in total. The highest BCUT2D eigenvalue weighted by Crippen LogP contribution is 2.31. The summed E-state index contributed by atoms with van der Waals surface area (Å²) in [7, 11) is 0. The average Bonchev–Trinajstić information content (AvgIpc) is 3.35. The molecule has 0 bridgehead atoms. The van der Waals surface area contributed by atoms with Crippen molar-refractivity contribution in [3.63, 3.8) is 0 Å². The maximum atomic E-state index is 12.9. The molecule has 2 aromatic carbocycles. The minimum Gasteiger partial charge on any atom is -0.324 e. The number of rotatable bonds is 6. The molecule has 2 N–H and O–H groups in total. The molecule has 1 saturated heterocycles. The Hall–Kier alpha value is -3.45. The molecule has 30 heavy (non-hydrogen) atoms. The summed E-state index contributed by atoms with van der Waals surface area (Å²) < 4.78 is 0. The molecule has 4 rings (SSSR count). The van der Waals surface area contributed by atoms with E-state index in [4.69, 9.17) is 0 Å². The van der Waals surface area contributed by atoms with Crippen LogP contribution in [0.5, 0.6) is 0 Å². The number of carbonyl (C=O) groups excluding carboxylic acids is 3. The molecule has 1 unspecified atom stereocenters. The lowest BCUT2D eigenvalue weighted by molar-refractivity contribution is -0.133. The van der Waals surface area contributed by atoms with Gasteiger partial charge >= 0.3 is 6.03 Å². The van der Waals surface area contributed by atoms with Crippen molar-refractivity contribution in [2.45, 2.75) is 18.9 Å². The number of hydrogen-bond donors (Lipinski definition) is 2. The molecule has 152 valence electrons.